The molecular formula is C28H23ClF2. The molecule has 4 aromatic carbocycles. The van der Waals surface area contributed by atoms with Crippen molar-refractivity contribution in [3.63, 3.8) is 0 Å². The zero-order valence-corrected chi connectivity index (χ0v) is 17.9. The molecule has 0 amide bonds. The Hall–Kier alpha value is -2.97. The van der Waals surface area contributed by atoms with E-state index in [0.29, 0.717) is 28.0 Å². The van der Waals surface area contributed by atoms with Crippen molar-refractivity contribution in [2.24, 2.45) is 0 Å². The minimum atomic E-state index is -0.263. The van der Waals surface area contributed by atoms with Crippen molar-refractivity contribution < 1.29 is 8.78 Å². The Kier molecular flexibility index (Phi) is 6.48. The summed E-state index contributed by atoms with van der Waals surface area (Å²) in [6.07, 6.45) is 4.75. The zero-order valence-electron chi connectivity index (χ0n) is 17.2. The van der Waals surface area contributed by atoms with E-state index < -0.39 is 0 Å². The molecule has 156 valence electrons. The van der Waals surface area contributed by atoms with Gasteiger partial charge in [0.05, 0.1) is 0 Å². The van der Waals surface area contributed by atoms with Gasteiger partial charge in [0.1, 0.15) is 11.6 Å². The molecule has 0 fully saturated rings. The van der Waals surface area contributed by atoms with Crippen LogP contribution in [0, 0.1) is 11.6 Å². The van der Waals surface area contributed by atoms with Crippen molar-refractivity contribution in [2.45, 2.75) is 25.7 Å². The second-order valence-corrected chi connectivity index (χ2v) is 8.18. The molecule has 0 N–H and O–H groups in total. The molecule has 3 heteroatoms. The van der Waals surface area contributed by atoms with Gasteiger partial charge in [-0.1, -0.05) is 66.2 Å². The van der Waals surface area contributed by atoms with Gasteiger partial charge >= 0.3 is 0 Å². The van der Waals surface area contributed by atoms with Crippen LogP contribution in [0.4, 0.5) is 8.78 Å². The Labute approximate surface area is 186 Å². The van der Waals surface area contributed by atoms with E-state index in [4.69, 9.17) is 11.6 Å². The van der Waals surface area contributed by atoms with Gasteiger partial charge in [-0.3, -0.25) is 0 Å². The summed E-state index contributed by atoms with van der Waals surface area (Å²) in [5.74, 6) is -0.473. The van der Waals surface area contributed by atoms with E-state index in [1.165, 1.54) is 0 Å². The zero-order chi connectivity index (χ0) is 21.8. The summed E-state index contributed by atoms with van der Waals surface area (Å²) >= 11 is 5.93. The van der Waals surface area contributed by atoms with Gasteiger partial charge in [-0.05, 0) is 77.6 Å². The van der Waals surface area contributed by atoms with Crippen molar-refractivity contribution in [1.29, 1.82) is 0 Å². The lowest BCUT2D eigenvalue weighted by Crippen LogP contribution is -1.96. The van der Waals surface area contributed by atoms with E-state index >= 15 is 4.39 Å². The van der Waals surface area contributed by atoms with Crippen LogP contribution in [0.5, 0.6) is 0 Å². The van der Waals surface area contributed by atoms with E-state index in [-0.39, 0.29) is 11.6 Å². The molecule has 0 aliphatic rings. The first-order chi connectivity index (χ1) is 15.0. The molecular weight excluding hydrogens is 410 g/mol. The monoisotopic (exact) mass is 432 g/mol. The Morgan fingerprint density at radius 1 is 0.774 bits per heavy atom. The van der Waals surface area contributed by atoms with Crippen LogP contribution in [-0.2, 0) is 19.3 Å². The summed E-state index contributed by atoms with van der Waals surface area (Å²) in [6.45, 7) is 3.71. The van der Waals surface area contributed by atoms with Crippen LogP contribution >= 0.6 is 11.6 Å². The first-order valence-corrected chi connectivity index (χ1v) is 10.8. The molecule has 0 atom stereocenters. The third-order valence-corrected chi connectivity index (χ3v) is 5.86. The number of halogens is 3. The average Bonchev–Trinajstić information content (AvgIpc) is 2.78. The third kappa shape index (κ3) is 4.86. The van der Waals surface area contributed by atoms with E-state index in [1.807, 2.05) is 54.6 Å². The Morgan fingerprint density at radius 2 is 1.55 bits per heavy atom. The Morgan fingerprint density at radius 3 is 2.29 bits per heavy atom. The highest BCUT2D eigenvalue weighted by molar-refractivity contribution is 6.30. The Balaban J connectivity index is 1.58. The molecule has 0 radical (unpaired) electrons. The fourth-order valence-electron chi connectivity index (χ4n) is 3.84. The first-order valence-electron chi connectivity index (χ1n) is 10.4. The van der Waals surface area contributed by atoms with Crippen molar-refractivity contribution in [3.8, 4) is 11.1 Å². The number of fused-ring (bicyclic) bond motifs is 1. The summed E-state index contributed by atoms with van der Waals surface area (Å²) in [5.41, 5.74) is 4.00. The van der Waals surface area contributed by atoms with Crippen molar-refractivity contribution in [2.75, 3.05) is 0 Å². The maximum absolute atomic E-state index is 15.1. The van der Waals surface area contributed by atoms with Gasteiger partial charge in [0, 0.05) is 16.0 Å². The van der Waals surface area contributed by atoms with Crippen LogP contribution in [0.3, 0.4) is 0 Å². The fourth-order valence-corrected chi connectivity index (χ4v) is 3.97. The molecule has 0 aliphatic heterocycles. The van der Waals surface area contributed by atoms with Gasteiger partial charge in [0.25, 0.3) is 0 Å². The minimum absolute atomic E-state index is 0.210. The molecule has 0 saturated carbocycles. The smallest absolute Gasteiger partial charge is 0.134 e. The molecule has 0 spiro atoms. The number of allylic oxidation sites excluding steroid dienone is 1. The van der Waals surface area contributed by atoms with Crippen molar-refractivity contribution in [1.82, 2.24) is 0 Å². The molecule has 0 saturated heterocycles. The van der Waals surface area contributed by atoms with E-state index in [1.54, 1.807) is 24.3 Å². The molecule has 0 aromatic heterocycles. The topological polar surface area (TPSA) is 0 Å². The number of benzene rings is 4. The fraction of sp³-hybridized carbons (Fsp3) is 0.143. The standard InChI is InChI=1S/C28H23ClF2/c1-2-3-4-20-8-15-25(27(30)17-20)22-12-16-26-23(18-22)11-10-21(28(26)31)9-5-19-6-13-24(29)14-7-19/h2,6-8,10-18H,1,3-5,9H2. The van der Waals surface area contributed by atoms with Crippen molar-refractivity contribution in [3.05, 3.63) is 119 Å². The van der Waals surface area contributed by atoms with Crippen LogP contribution in [0.1, 0.15) is 23.1 Å². The lowest BCUT2D eigenvalue weighted by Gasteiger charge is -2.10. The molecule has 31 heavy (non-hydrogen) atoms. The second-order valence-electron chi connectivity index (χ2n) is 7.74. The number of hydrogen-bond acceptors (Lipinski definition) is 0. The molecule has 0 nitrogen and oxygen atoms in total. The summed E-state index contributed by atoms with van der Waals surface area (Å²) in [7, 11) is 0. The first kappa shape index (κ1) is 21.3. The average molecular weight is 433 g/mol. The van der Waals surface area contributed by atoms with E-state index in [0.717, 1.165) is 41.3 Å². The quantitative estimate of drug-likeness (QED) is 0.257. The number of aryl methyl sites for hydroxylation is 3. The van der Waals surface area contributed by atoms with Crippen LogP contribution in [0.25, 0.3) is 21.9 Å². The molecule has 0 unspecified atom stereocenters. The van der Waals surface area contributed by atoms with Gasteiger partial charge in [0.15, 0.2) is 0 Å². The maximum Gasteiger partial charge on any atom is 0.134 e. The van der Waals surface area contributed by atoms with Crippen LogP contribution in [0.2, 0.25) is 5.02 Å². The van der Waals surface area contributed by atoms with Gasteiger partial charge in [-0.2, -0.15) is 0 Å². The predicted molar refractivity (Wildman–Crippen MR) is 127 cm³/mol. The summed E-state index contributed by atoms with van der Waals surface area (Å²) in [5, 5.41) is 2.01. The number of rotatable bonds is 7. The van der Waals surface area contributed by atoms with Crippen LogP contribution in [-0.4, -0.2) is 0 Å². The maximum atomic E-state index is 15.1. The van der Waals surface area contributed by atoms with E-state index in [2.05, 4.69) is 6.58 Å². The van der Waals surface area contributed by atoms with Gasteiger partial charge < -0.3 is 0 Å². The highest BCUT2D eigenvalue weighted by atomic mass is 35.5. The van der Waals surface area contributed by atoms with Gasteiger partial charge in [-0.25, -0.2) is 8.78 Å². The summed E-state index contributed by atoms with van der Waals surface area (Å²) in [4.78, 5) is 0. The third-order valence-electron chi connectivity index (χ3n) is 5.61. The highest BCUT2D eigenvalue weighted by Gasteiger charge is 2.11. The van der Waals surface area contributed by atoms with E-state index in [9.17, 15) is 4.39 Å². The molecule has 0 bridgehead atoms. The molecule has 0 heterocycles. The van der Waals surface area contributed by atoms with Gasteiger partial charge in [-0.15, -0.1) is 6.58 Å². The molecule has 4 rings (SSSR count). The lowest BCUT2D eigenvalue weighted by molar-refractivity contribution is 0.620. The highest BCUT2D eigenvalue weighted by Crippen LogP contribution is 2.30. The summed E-state index contributed by atoms with van der Waals surface area (Å²) < 4.78 is 29.8. The molecule has 4 aromatic rings. The lowest BCUT2D eigenvalue weighted by atomic mass is 9.96. The Bertz CT molecular complexity index is 1230. The minimum Gasteiger partial charge on any atom is -0.206 e. The molecule has 0 aliphatic carbocycles. The van der Waals surface area contributed by atoms with Crippen LogP contribution in [0.15, 0.2) is 85.5 Å². The second kappa shape index (κ2) is 9.45. The number of hydrogen-bond donors (Lipinski definition) is 0. The summed E-state index contributed by atoms with van der Waals surface area (Å²) in [6, 6.07) is 22.1. The van der Waals surface area contributed by atoms with Crippen molar-refractivity contribution >= 4 is 22.4 Å². The normalized spacial score (nSPS) is 11.1. The van der Waals surface area contributed by atoms with Crippen LogP contribution < -0.4 is 0 Å². The predicted octanol–water partition coefficient (Wildman–Crippen LogP) is 8.34. The SMILES string of the molecule is C=CCCc1ccc(-c2ccc3c(F)c(CCc4ccc(Cl)cc4)ccc3c2)c(F)c1. The van der Waals surface area contributed by atoms with Gasteiger partial charge in [0.2, 0.25) is 0 Å². The largest absolute Gasteiger partial charge is 0.206 e.